The number of rotatable bonds is 1. The van der Waals surface area contributed by atoms with Crippen molar-refractivity contribution in [1.29, 1.82) is 0 Å². The van der Waals surface area contributed by atoms with Crippen molar-refractivity contribution in [3.05, 3.63) is 0 Å². The van der Waals surface area contributed by atoms with Crippen LogP contribution in [0.2, 0.25) is 0 Å². The van der Waals surface area contributed by atoms with Crippen LogP contribution >= 0.6 is 24.8 Å². The van der Waals surface area contributed by atoms with Crippen molar-refractivity contribution in [3.63, 3.8) is 0 Å². The minimum absolute atomic E-state index is 0.194. The van der Waals surface area contributed by atoms with Crippen LogP contribution in [0.3, 0.4) is 0 Å². The molecule has 0 rings (SSSR count). The number of thiol groups is 1. The zero-order valence-corrected chi connectivity index (χ0v) is 7.06. The smallest absolute Gasteiger partial charge is 0.128 e. The van der Waals surface area contributed by atoms with E-state index in [1.165, 1.54) is 12.8 Å². The summed E-state index contributed by atoms with van der Waals surface area (Å²) in [4.78, 5) is 0. The summed E-state index contributed by atoms with van der Waals surface area (Å²) in [6.07, 6.45) is 2.64. The molecule has 0 aromatic carbocycles. The second-order valence-electron chi connectivity index (χ2n) is 1.34. The van der Waals surface area contributed by atoms with Crippen LogP contribution in [-0.4, -0.2) is 4.32 Å². The van der Waals surface area contributed by atoms with E-state index in [1.807, 2.05) is 0 Å². The fourth-order valence-corrected chi connectivity index (χ4v) is 0. The summed E-state index contributed by atoms with van der Waals surface area (Å²) in [7, 11) is 0. The summed E-state index contributed by atoms with van der Waals surface area (Å²) >= 11 is 7.65. The van der Waals surface area contributed by atoms with Gasteiger partial charge in [-0.15, -0.1) is 12.6 Å². The molecule has 0 aliphatic rings. The number of thiocarbonyl (C=S) groups is 1. The topological polar surface area (TPSA) is 26.0 Å². The van der Waals surface area contributed by atoms with Crippen LogP contribution in [0.25, 0.3) is 0 Å². The third-order valence-corrected chi connectivity index (χ3v) is 0.500. The summed E-state index contributed by atoms with van der Waals surface area (Å²) in [6.45, 7) is 4.36. The first-order valence-corrected chi connectivity index (χ1v) is 3.49. The Morgan fingerprint density at radius 1 is 1.50 bits per heavy atom. The predicted molar refractivity (Wildman–Crippen MR) is 46.4 cm³/mol. The summed E-state index contributed by atoms with van der Waals surface area (Å²) in [5.41, 5.74) is 4.71. The van der Waals surface area contributed by atoms with Gasteiger partial charge in [-0.05, 0) is 0 Å². The van der Waals surface area contributed by atoms with Gasteiger partial charge in [0.05, 0.1) is 0 Å². The van der Waals surface area contributed by atoms with Crippen molar-refractivity contribution in [3.8, 4) is 0 Å². The molecule has 3 heteroatoms. The van der Waals surface area contributed by atoms with Gasteiger partial charge in [-0.2, -0.15) is 0 Å². The van der Waals surface area contributed by atoms with E-state index >= 15 is 0 Å². The highest BCUT2D eigenvalue weighted by molar-refractivity contribution is 8.10. The number of hydrogen-bond donors (Lipinski definition) is 2. The van der Waals surface area contributed by atoms with E-state index in [2.05, 4.69) is 38.7 Å². The summed E-state index contributed by atoms with van der Waals surface area (Å²) in [5, 5.41) is 0. The largest absolute Gasteiger partial charge is 0.385 e. The SMILES string of the molecule is CCCC.NC(=S)S. The summed E-state index contributed by atoms with van der Waals surface area (Å²) in [6, 6.07) is 0. The minimum atomic E-state index is 0.194. The van der Waals surface area contributed by atoms with Gasteiger partial charge in [-0.25, -0.2) is 0 Å². The van der Waals surface area contributed by atoms with Gasteiger partial charge in [0.2, 0.25) is 0 Å². The normalized spacial score (nSPS) is 6.88. The fourth-order valence-electron chi connectivity index (χ4n) is 0. The standard InChI is InChI=1S/C4H10.CH3NS2/c1-3-4-2;2-1(3)4/h3-4H2,1-2H3;(H3,2,3,4). The Kier molecular flexibility index (Phi) is 14.2. The number of hydrogen-bond acceptors (Lipinski definition) is 1. The molecule has 50 valence electrons. The molecular weight excluding hydrogens is 138 g/mol. The van der Waals surface area contributed by atoms with Crippen LogP contribution in [0.4, 0.5) is 0 Å². The van der Waals surface area contributed by atoms with Gasteiger partial charge < -0.3 is 5.73 Å². The maximum Gasteiger partial charge on any atom is 0.128 e. The third-order valence-electron chi connectivity index (χ3n) is 0.500. The molecule has 2 N–H and O–H groups in total. The molecule has 1 nitrogen and oxygen atoms in total. The zero-order chi connectivity index (χ0) is 6.99. The lowest BCUT2D eigenvalue weighted by atomic mass is 10.4. The molecular formula is C5H13NS2. The Labute approximate surface area is 62.1 Å². The summed E-state index contributed by atoms with van der Waals surface area (Å²) < 4.78 is 0.194. The highest BCUT2D eigenvalue weighted by Gasteiger charge is 1.56. The van der Waals surface area contributed by atoms with Crippen LogP contribution in [-0.2, 0) is 0 Å². The monoisotopic (exact) mass is 151 g/mol. The van der Waals surface area contributed by atoms with E-state index in [0.717, 1.165) is 0 Å². The third kappa shape index (κ3) is 111. The molecule has 0 aliphatic carbocycles. The van der Waals surface area contributed by atoms with E-state index in [4.69, 9.17) is 5.73 Å². The molecule has 0 aromatic rings. The van der Waals surface area contributed by atoms with Gasteiger partial charge in [0.1, 0.15) is 4.32 Å². The zero-order valence-electron chi connectivity index (χ0n) is 5.35. The first kappa shape index (κ1) is 11.1. The van der Waals surface area contributed by atoms with Crippen molar-refractivity contribution in [1.82, 2.24) is 0 Å². The number of unbranched alkanes of at least 4 members (excludes halogenated alkanes) is 1. The van der Waals surface area contributed by atoms with Gasteiger partial charge in [0.25, 0.3) is 0 Å². The molecule has 0 amide bonds. The molecule has 0 saturated heterocycles. The van der Waals surface area contributed by atoms with Crippen LogP contribution in [0, 0.1) is 0 Å². The first-order valence-electron chi connectivity index (χ1n) is 2.63. The molecule has 0 heterocycles. The lowest BCUT2D eigenvalue weighted by molar-refractivity contribution is 0.886. The average Bonchev–Trinajstić information content (AvgIpc) is 1.65. The maximum atomic E-state index is 4.71. The Balaban J connectivity index is 0. The van der Waals surface area contributed by atoms with E-state index in [9.17, 15) is 0 Å². The molecule has 0 aromatic heterocycles. The molecule has 0 radical (unpaired) electrons. The molecule has 0 atom stereocenters. The van der Waals surface area contributed by atoms with Crippen LogP contribution in [0.15, 0.2) is 0 Å². The first-order chi connectivity index (χ1) is 3.65. The van der Waals surface area contributed by atoms with E-state index in [1.54, 1.807) is 0 Å². The van der Waals surface area contributed by atoms with Crippen LogP contribution < -0.4 is 5.73 Å². The van der Waals surface area contributed by atoms with E-state index < -0.39 is 0 Å². The lowest BCUT2D eigenvalue weighted by Gasteiger charge is -1.68. The van der Waals surface area contributed by atoms with Gasteiger partial charge in [-0.3, -0.25) is 0 Å². The van der Waals surface area contributed by atoms with Crippen molar-refractivity contribution < 1.29 is 0 Å². The van der Waals surface area contributed by atoms with Crippen molar-refractivity contribution >= 4 is 29.2 Å². The minimum Gasteiger partial charge on any atom is -0.385 e. The van der Waals surface area contributed by atoms with Crippen molar-refractivity contribution in [2.45, 2.75) is 26.7 Å². The van der Waals surface area contributed by atoms with E-state index in [-0.39, 0.29) is 4.32 Å². The molecule has 8 heavy (non-hydrogen) atoms. The van der Waals surface area contributed by atoms with Crippen molar-refractivity contribution in [2.75, 3.05) is 0 Å². The second-order valence-corrected chi connectivity index (χ2v) is 2.56. The quantitative estimate of drug-likeness (QED) is 0.442. The van der Waals surface area contributed by atoms with Crippen LogP contribution in [0.1, 0.15) is 26.7 Å². The Morgan fingerprint density at radius 3 is 1.62 bits per heavy atom. The molecule has 0 unspecified atom stereocenters. The Hall–Kier alpha value is 0.240. The molecule has 0 saturated carbocycles. The highest BCUT2D eigenvalue weighted by atomic mass is 32.1. The number of nitrogens with two attached hydrogens (primary N) is 1. The average molecular weight is 151 g/mol. The molecule has 0 bridgehead atoms. The molecule has 0 fully saturated rings. The second kappa shape index (κ2) is 10.3. The van der Waals surface area contributed by atoms with Crippen molar-refractivity contribution in [2.24, 2.45) is 5.73 Å². The highest BCUT2D eigenvalue weighted by Crippen LogP contribution is 1.76. The predicted octanol–water partition coefficient (Wildman–Crippen LogP) is 1.97. The summed E-state index contributed by atoms with van der Waals surface area (Å²) in [5.74, 6) is 0. The van der Waals surface area contributed by atoms with E-state index in [0.29, 0.717) is 0 Å². The van der Waals surface area contributed by atoms with Gasteiger partial charge in [0, 0.05) is 0 Å². The Morgan fingerprint density at radius 2 is 1.62 bits per heavy atom. The lowest BCUT2D eigenvalue weighted by Crippen LogP contribution is -1.94. The Bertz CT molecular complexity index is 48.4. The maximum absolute atomic E-state index is 4.71. The fraction of sp³-hybridized carbons (Fsp3) is 0.800. The molecule has 0 aliphatic heterocycles. The van der Waals surface area contributed by atoms with Gasteiger partial charge >= 0.3 is 0 Å². The van der Waals surface area contributed by atoms with Gasteiger partial charge in [-0.1, -0.05) is 38.9 Å². The van der Waals surface area contributed by atoms with Crippen LogP contribution in [0.5, 0.6) is 0 Å². The van der Waals surface area contributed by atoms with Gasteiger partial charge in [0.15, 0.2) is 0 Å². The molecule has 0 spiro atoms.